The standard InChI is InChI=1S/C19H26N2/c1-16-9-6-7-12-19(16)17(2)21(14-8-13-20)15-18-10-4-3-5-11-18/h3-7,9-12,17H,8,13-15,20H2,1-2H3. The van der Waals surface area contributed by atoms with Gasteiger partial charge in [0.05, 0.1) is 0 Å². The summed E-state index contributed by atoms with van der Waals surface area (Å²) in [6.45, 7) is 7.22. The zero-order valence-electron chi connectivity index (χ0n) is 13.1. The molecule has 0 aliphatic carbocycles. The molecule has 0 aromatic heterocycles. The van der Waals surface area contributed by atoms with Crippen LogP contribution >= 0.6 is 0 Å². The number of nitrogens with two attached hydrogens (primary N) is 1. The van der Waals surface area contributed by atoms with Crippen LogP contribution in [0.5, 0.6) is 0 Å². The molecule has 2 aromatic carbocycles. The average Bonchev–Trinajstić information content (AvgIpc) is 2.52. The molecule has 2 rings (SSSR count). The molecule has 1 atom stereocenters. The molecule has 0 bridgehead atoms. The van der Waals surface area contributed by atoms with E-state index >= 15 is 0 Å². The van der Waals surface area contributed by atoms with Crippen molar-refractivity contribution >= 4 is 0 Å². The minimum atomic E-state index is 0.401. The molecule has 0 radical (unpaired) electrons. The highest BCUT2D eigenvalue weighted by atomic mass is 15.1. The first-order chi connectivity index (χ1) is 10.2. The van der Waals surface area contributed by atoms with E-state index in [0.29, 0.717) is 6.04 Å². The molecule has 112 valence electrons. The quantitative estimate of drug-likeness (QED) is 0.834. The van der Waals surface area contributed by atoms with Crippen LogP contribution in [0.15, 0.2) is 54.6 Å². The Kier molecular flexibility index (Phi) is 5.97. The van der Waals surface area contributed by atoms with Gasteiger partial charge in [0.25, 0.3) is 0 Å². The van der Waals surface area contributed by atoms with Gasteiger partial charge in [-0.3, -0.25) is 4.90 Å². The summed E-state index contributed by atoms with van der Waals surface area (Å²) in [6, 6.07) is 19.7. The van der Waals surface area contributed by atoms with E-state index in [1.54, 1.807) is 0 Å². The van der Waals surface area contributed by atoms with Gasteiger partial charge in [0.15, 0.2) is 0 Å². The topological polar surface area (TPSA) is 29.3 Å². The maximum atomic E-state index is 5.71. The molecular formula is C19H26N2. The lowest BCUT2D eigenvalue weighted by atomic mass is 10.0. The van der Waals surface area contributed by atoms with Crippen LogP contribution in [0.1, 0.15) is 36.1 Å². The number of benzene rings is 2. The average molecular weight is 282 g/mol. The van der Waals surface area contributed by atoms with E-state index in [2.05, 4.69) is 73.3 Å². The van der Waals surface area contributed by atoms with Gasteiger partial charge in [-0.15, -0.1) is 0 Å². The molecular weight excluding hydrogens is 256 g/mol. The highest BCUT2D eigenvalue weighted by Gasteiger charge is 2.17. The zero-order valence-corrected chi connectivity index (χ0v) is 13.1. The van der Waals surface area contributed by atoms with E-state index in [4.69, 9.17) is 5.73 Å². The summed E-state index contributed by atoms with van der Waals surface area (Å²) in [7, 11) is 0. The lowest BCUT2D eigenvalue weighted by Gasteiger charge is -2.30. The fourth-order valence-electron chi connectivity index (χ4n) is 2.77. The van der Waals surface area contributed by atoms with Crippen molar-refractivity contribution in [3.05, 3.63) is 71.3 Å². The summed E-state index contributed by atoms with van der Waals surface area (Å²) in [6.07, 6.45) is 1.03. The highest BCUT2D eigenvalue weighted by molar-refractivity contribution is 5.28. The maximum Gasteiger partial charge on any atom is 0.0326 e. The summed E-state index contributed by atoms with van der Waals surface area (Å²) < 4.78 is 0. The molecule has 2 aromatic rings. The first kappa shape index (κ1) is 15.7. The van der Waals surface area contributed by atoms with Crippen molar-refractivity contribution in [2.75, 3.05) is 13.1 Å². The minimum absolute atomic E-state index is 0.401. The molecule has 0 saturated heterocycles. The molecule has 0 spiro atoms. The van der Waals surface area contributed by atoms with Crippen molar-refractivity contribution in [2.24, 2.45) is 5.73 Å². The van der Waals surface area contributed by atoms with E-state index in [0.717, 1.165) is 26.1 Å². The van der Waals surface area contributed by atoms with Crippen molar-refractivity contribution in [2.45, 2.75) is 32.9 Å². The predicted octanol–water partition coefficient (Wildman–Crippen LogP) is 3.91. The first-order valence-corrected chi connectivity index (χ1v) is 7.76. The van der Waals surface area contributed by atoms with E-state index in [-0.39, 0.29) is 0 Å². The number of hydrogen-bond acceptors (Lipinski definition) is 2. The van der Waals surface area contributed by atoms with Gasteiger partial charge in [0.1, 0.15) is 0 Å². The van der Waals surface area contributed by atoms with Crippen molar-refractivity contribution in [1.82, 2.24) is 4.90 Å². The molecule has 21 heavy (non-hydrogen) atoms. The van der Waals surface area contributed by atoms with Crippen LogP contribution in [0.2, 0.25) is 0 Å². The van der Waals surface area contributed by atoms with Gasteiger partial charge >= 0.3 is 0 Å². The highest BCUT2D eigenvalue weighted by Crippen LogP contribution is 2.25. The minimum Gasteiger partial charge on any atom is -0.330 e. The van der Waals surface area contributed by atoms with Gasteiger partial charge in [-0.05, 0) is 43.5 Å². The van der Waals surface area contributed by atoms with Gasteiger partial charge < -0.3 is 5.73 Å². The Morgan fingerprint density at radius 3 is 2.33 bits per heavy atom. The second-order valence-corrected chi connectivity index (χ2v) is 5.63. The van der Waals surface area contributed by atoms with Crippen LogP contribution in [0.3, 0.4) is 0 Å². The smallest absolute Gasteiger partial charge is 0.0326 e. The number of rotatable bonds is 7. The molecule has 2 N–H and O–H groups in total. The fourth-order valence-corrected chi connectivity index (χ4v) is 2.77. The SMILES string of the molecule is Cc1ccccc1C(C)N(CCCN)Cc1ccccc1. The lowest BCUT2D eigenvalue weighted by molar-refractivity contribution is 0.199. The summed E-state index contributed by atoms with van der Waals surface area (Å²) >= 11 is 0. The molecule has 0 saturated carbocycles. The largest absolute Gasteiger partial charge is 0.330 e. The van der Waals surface area contributed by atoms with E-state index in [1.807, 2.05) is 0 Å². The molecule has 1 unspecified atom stereocenters. The Labute approximate surface area is 128 Å². The zero-order chi connectivity index (χ0) is 15.1. The van der Waals surface area contributed by atoms with Crippen LogP contribution in [0.4, 0.5) is 0 Å². The summed E-state index contributed by atoms with van der Waals surface area (Å²) in [5.41, 5.74) is 9.83. The van der Waals surface area contributed by atoms with Gasteiger partial charge in [-0.2, -0.15) is 0 Å². The van der Waals surface area contributed by atoms with E-state index in [1.165, 1.54) is 16.7 Å². The molecule has 2 heteroatoms. The second-order valence-electron chi connectivity index (χ2n) is 5.63. The van der Waals surface area contributed by atoms with Gasteiger partial charge in [-0.1, -0.05) is 54.6 Å². The first-order valence-electron chi connectivity index (χ1n) is 7.76. The Balaban J connectivity index is 2.17. The summed E-state index contributed by atoms with van der Waals surface area (Å²) in [4.78, 5) is 2.52. The van der Waals surface area contributed by atoms with Crippen LogP contribution in [-0.2, 0) is 6.54 Å². The van der Waals surface area contributed by atoms with Crippen LogP contribution in [0, 0.1) is 6.92 Å². The molecule has 0 amide bonds. The normalized spacial score (nSPS) is 12.6. The number of nitrogens with zero attached hydrogens (tertiary/aromatic N) is 1. The monoisotopic (exact) mass is 282 g/mol. The number of aryl methyl sites for hydroxylation is 1. The van der Waals surface area contributed by atoms with Gasteiger partial charge in [0.2, 0.25) is 0 Å². The molecule has 2 nitrogen and oxygen atoms in total. The fraction of sp³-hybridized carbons (Fsp3) is 0.368. The van der Waals surface area contributed by atoms with Crippen molar-refractivity contribution in [3.8, 4) is 0 Å². The third-order valence-electron chi connectivity index (χ3n) is 4.06. The van der Waals surface area contributed by atoms with Crippen molar-refractivity contribution < 1.29 is 0 Å². The van der Waals surface area contributed by atoms with Gasteiger partial charge in [-0.25, -0.2) is 0 Å². The van der Waals surface area contributed by atoms with Crippen molar-refractivity contribution in [3.63, 3.8) is 0 Å². The summed E-state index contributed by atoms with van der Waals surface area (Å²) in [5, 5.41) is 0. The molecule has 0 heterocycles. The van der Waals surface area contributed by atoms with Crippen molar-refractivity contribution in [1.29, 1.82) is 0 Å². The maximum absolute atomic E-state index is 5.71. The second kappa shape index (κ2) is 7.96. The Hall–Kier alpha value is -1.64. The predicted molar refractivity (Wildman–Crippen MR) is 90.1 cm³/mol. The Morgan fingerprint density at radius 1 is 1.00 bits per heavy atom. The van der Waals surface area contributed by atoms with Crippen LogP contribution in [-0.4, -0.2) is 18.0 Å². The molecule has 0 fully saturated rings. The third kappa shape index (κ3) is 4.42. The Morgan fingerprint density at radius 2 is 1.67 bits per heavy atom. The molecule has 0 aliphatic rings. The van der Waals surface area contributed by atoms with E-state index < -0.39 is 0 Å². The Bertz CT molecular complexity index is 536. The van der Waals surface area contributed by atoms with E-state index in [9.17, 15) is 0 Å². The number of hydrogen-bond donors (Lipinski definition) is 1. The summed E-state index contributed by atoms with van der Waals surface area (Å²) in [5.74, 6) is 0. The van der Waals surface area contributed by atoms with Gasteiger partial charge in [0, 0.05) is 19.1 Å². The van der Waals surface area contributed by atoms with Crippen LogP contribution < -0.4 is 5.73 Å². The van der Waals surface area contributed by atoms with Crippen LogP contribution in [0.25, 0.3) is 0 Å². The third-order valence-corrected chi connectivity index (χ3v) is 4.06. The lowest BCUT2D eigenvalue weighted by Crippen LogP contribution is -2.29. The molecule has 0 aliphatic heterocycles.